The van der Waals surface area contributed by atoms with Crippen LogP contribution in [-0.4, -0.2) is 53.1 Å². The fourth-order valence-corrected chi connectivity index (χ4v) is 2.36. The van der Waals surface area contributed by atoms with E-state index in [9.17, 15) is 14.4 Å². The van der Waals surface area contributed by atoms with Gasteiger partial charge in [0, 0.05) is 19.1 Å². The predicted molar refractivity (Wildman–Crippen MR) is 73.2 cm³/mol. The molecule has 3 unspecified atom stereocenters. The number of urea groups is 1. The first-order valence-electron chi connectivity index (χ1n) is 6.94. The van der Waals surface area contributed by atoms with E-state index in [-0.39, 0.29) is 18.0 Å². The molecule has 3 amide bonds. The first-order valence-corrected chi connectivity index (χ1v) is 6.94. The first-order chi connectivity index (χ1) is 9.36. The molecule has 1 aliphatic heterocycles. The largest absolute Gasteiger partial charge is 0.481 e. The summed E-state index contributed by atoms with van der Waals surface area (Å²) >= 11 is 0. The molecule has 1 saturated heterocycles. The van der Waals surface area contributed by atoms with Crippen LogP contribution in [0.5, 0.6) is 0 Å². The Labute approximate surface area is 118 Å². The van der Waals surface area contributed by atoms with Gasteiger partial charge in [0.2, 0.25) is 5.91 Å². The van der Waals surface area contributed by atoms with E-state index < -0.39 is 17.9 Å². The van der Waals surface area contributed by atoms with Crippen LogP contribution < -0.4 is 10.6 Å². The van der Waals surface area contributed by atoms with E-state index in [1.165, 1.54) is 0 Å². The zero-order valence-corrected chi connectivity index (χ0v) is 12.2. The quantitative estimate of drug-likeness (QED) is 0.696. The fraction of sp³-hybridized carbons (Fsp3) is 0.769. The van der Waals surface area contributed by atoms with Gasteiger partial charge in [0.05, 0.1) is 5.92 Å². The Morgan fingerprint density at radius 2 is 2.05 bits per heavy atom. The number of aliphatic carboxylic acids is 1. The van der Waals surface area contributed by atoms with Gasteiger partial charge in [0.25, 0.3) is 0 Å². The predicted octanol–water partition coefficient (Wildman–Crippen LogP) is 0.406. The van der Waals surface area contributed by atoms with Crippen molar-refractivity contribution < 1.29 is 19.5 Å². The fourth-order valence-electron chi connectivity index (χ4n) is 2.36. The standard InChI is InChI=1S/C13H23N3O4/c1-4-14-11(17)9(3)15-13(20)16-6-5-10(12(18)19)7-8(16)2/h8-10H,4-7H2,1-3H3,(H,14,17)(H,15,20)(H,18,19). The molecule has 0 aromatic rings. The number of piperidine rings is 1. The lowest BCUT2D eigenvalue weighted by atomic mass is 9.92. The number of likely N-dealkylation sites (N-methyl/N-ethyl adjacent to an activating group) is 1. The molecule has 1 fully saturated rings. The summed E-state index contributed by atoms with van der Waals surface area (Å²) in [7, 11) is 0. The number of nitrogens with zero attached hydrogens (tertiary/aromatic N) is 1. The molecule has 7 heteroatoms. The van der Waals surface area contributed by atoms with E-state index in [1.807, 2.05) is 13.8 Å². The van der Waals surface area contributed by atoms with Crippen LogP contribution in [0.3, 0.4) is 0 Å². The molecule has 0 aromatic carbocycles. The van der Waals surface area contributed by atoms with Gasteiger partial charge in [-0.2, -0.15) is 0 Å². The summed E-state index contributed by atoms with van der Waals surface area (Å²) in [5, 5.41) is 14.3. The average molecular weight is 285 g/mol. The zero-order chi connectivity index (χ0) is 15.3. The van der Waals surface area contributed by atoms with E-state index in [2.05, 4.69) is 10.6 Å². The summed E-state index contributed by atoms with van der Waals surface area (Å²) in [6.45, 7) is 6.17. The van der Waals surface area contributed by atoms with Crippen LogP contribution >= 0.6 is 0 Å². The van der Waals surface area contributed by atoms with Crippen molar-refractivity contribution in [1.29, 1.82) is 0 Å². The third kappa shape index (κ3) is 4.11. The molecule has 1 rings (SSSR count). The summed E-state index contributed by atoms with van der Waals surface area (Å²) in [6.07, 6.45) is 0.890. The van der Waals surface area contributed by atoms with Crippen LogP contribution in [0.25, 0.3) is 0 Å². The number of nitrogens with one attached hydrogen (secondary N) is 2. The molecule has 3 N–H and O–H groups in total. The van der Waals surface area contributed by atoms with Crippen molar-refractivity contribution >= 4 is 17.9 Å². The molecule has 0 bridgehead atoms. The summed E-state index contributed by atoms with van der Waals surface area (Å²) in [4.78, 5) is 36.2. The van der Waals surface area contributed by atoms with Gasteiger partial charge in [-0.3, -0.25) is 9.59 Å². The van der Waals surface area contributed by atoms with Gasteiger partial charge in [-0.05, 0) is 33.6 Å². The smallest absolute Gasteiger partial charge is 0.318 e. The summed E-state index contributed by atoms with van der Waals surface area (Å²) in [5.41, 5.74) is 0. The maximum Gasteiger partial charge on any atom is 0.318 e. The molecule has 20 heavy (non-hydrogen) atoms. The van der Waals surface area contributed by atoms with E-state index in [4.69, 9.17) is 5.11 Å². The lowest BCUT2D eigenvalue weighted by Crippen LogP contribution is -2.54. The lowest BCUT2D eigenvalue weighted by molar-refractivity contribution is -0.143. The third-order valence-electron chi connectivity index (χ3n) is 3.57. The number of carboxylic acid groups (broad SMARTS) is 1. The molecule has 0 saturated carbocycles. The highest BCUT2D eigenvalue weighted by Crippen LogP contribution is 2.22. The van der Waals surface area contributed by atoms with Gasteiger partial charge in [0.1, 0.15) is 6.04 Å². The minimum atomic E-state index is -0.812. The second-order valence-electron chi connectivity index (χ2n) is 5.17. The van der Waals surface area contributed by atoms with Crippen molar-refractivity contribution in [3.05, 3.63) is 0 Å². The monoisotopic (exact) mass is 285 g/mol. The van der Waals surface area contributed by atoms with E-state index >= 15 is 0 Å². The van der Waals surface area contributed by atoms with Crippen molar-refractivity contribution in [2.24, 2.45) is 5.92 Å². The second kappa shape index (κ2) is 7.12. The Kier molecular flexibility index (Phi) is 5.79. The second-order valence-corrected chi connectivity index (χ2v) is 5.17. The highest BCUT2D eigenvalue weighted by molar-refractivity contribution is 5.86. The zero-order valence-electron chi connectivity index (χ0n) is 12.2. The number of carbonyl (C=O) groups is 3. The number of carboxylic acids is 1. The lowest BCUT2D eigenvalue weighted by Gasteiger charge is -2.36. The van der Waals surface area contributed by atoms with Gasteiger partial charge in [-0.25, -0.2) is 4.79 Å². The molecule has 0 spiro atoms. The maximum absolute atomic E-state index is 12.1. The SMILES string of the molecule is CCNC(=O)C(C)NC(=O)N1CCC(C(=O)O)CC1C. The van der Waals surface area contributed by atoms with E-state index in [0.717, 1.165) is 0 Å². The number of likely N-dealkylation sites (tertiary alicyclic amines) is 1. The average Bonchev–Trinajstić information content (AvgIpc) is 2.38. The topological polar surface area (TPSA) is 98.7 Å². The summed E-state index contributed by atoms with van der Waals surface area (Å²) < 4.78 is 0. The van der Waals surface area contributed by atoms with Crippen LogP contribution in [0, 0.1) is 5.92 Å². The normalized spacial score (nSPS) is 23.9. The molecule has 1 heterocycles. The van der Waals surface area contributed by atoms with Crippen molar-refractivity contribution in [3.8, 4) is 0 Å². The number of carbonyl (C=O) groups excluding carboxylic acids is 2. The van der Waals surface area contributed by atoms with Crippen LogP contribution in [0.4, 0.5) is 4.79 Å². The molecule has 0 aliphatic carbocycles. The van der Waals surface area contributed by atoms with Crippen LogP contribution in [0.2, 0.25) is 0 Å². The van der Waals surface area contributed by atoms with Crippen molar-refractivity contribution in [1.82, 2.24) is 15.5 Å². The minimum absolute atomic E-state index is 0.147. The molecule has 1 aliphatic rings. The number of hydrogen-bond acceptors (Lipinski definition) is 3. The molecular weight excluding hydrogens is 262 g/mol. The number of amides is 3. The molecule has 7 nitrogen and oxygen atoms in total. The van der Waals surface area contributed by atoms with Crippen LogP contribution in [0.15, 0.2) is 0 Å². The van der Waals surface area contributed by atoms with E-state index in [0.29, 0.717) is 25.9 Å². The van der Waals surface area contributed by atoms with Crippen LogP contribution in [-0.2, 0) is 9.59 Å². The third-order valence-corrected chi connectivity index (χ3v) is 3.57. The Morgan fingerprint density at radius 3 is 2.55 bits per heavy atom. The highest BCUT2D eigenvalue weighted by atomic mass is 16.4. The van der Waals surface area contributed by atoms with Gasteiger partial charge in [-0.1, -0.05) is 0 Å². The first kappa shape index (κ1) is 16.3. The van der Waals surface area contributed by atoms with Gasteiger partial charge in [0.15, 0.2) is 0 Å². The van der Waals surface area contributed by atoms with Crippen LogP contribution in [0.1, 0.15) is 33.6 Å². The van der Waals surface area contributed by atoms with Gasteiger partial charge < -0.3 is 20.6 Å². The van der Waals surface area contributed by atoms with Crippen molar-refractivity contribution in [2.45, 2.75) is 45.7 Å². The Balaban J connectivity index is 2.52. The van der Waals surface area contributed by atoms with Gasteiger partial charge >= 0.3 is 12.0 Å². The maximum atomic E-state index is 12.1. The molecular formula is C13H23N3O4. The summed E-state index contributed by atoms with van der Waals surface area (Å²) in [6, 6.07) is -1.07. The van der Waals surface area contributed by atoms with Gasteiger partial charge in [-0.15, -0.1) is 0 Å². The highest BCUT2D eigenvalue weighted by Gasteiger charge is 2.32. The van der Waals surface area contributed by atoms with Crippen molar-refractivity contribution in [2.75, 3.05) is 13.1 Å². The number of rotatable bonds is 4. The molecule has 3 atom stereocenters. The number of hydrogen-bond donors (Lipinski definition) is 3. The summed E-state index contributed by atoms with van der Waals surface area (Å²) in [5.74, 6) is -1.43. The Hall–Kier alpha value is -1.79. The molecule has 0 aromatic heterocycles. The molecule has 0 radical (unpaired) electrons. The Morgan fingerprint density at radius 1 is 1.40 bits per heavy atom. The Bertz CT molecular complexity index is 386. The van der Waals surface area contributed by atoms with E-state index in [1.54, 1.807) is 11.8 Å². The minimum Gasteiger partial charge on any atom is -0.481 e. The molecule has 114 valence electrons. The van der Waals surface area contributed by atoms with Crippen molar-refractivity contribution in [3.63, 3.8) is 0 Å².